The molecule has 0 radical (unpaired) electrons. The number of nitrogens with one attached hydrogen (secondary N) is 2. The van der Waals surface area contributed by atoms with Crippen molar-refractivity contribution in [1.82, 2.24) is 20.0 Å². The van der Waals surface area contributed by atoms with Crippen LogP contribution in [0.5, 0.6) is 0 Å². The van der Waals surface area contributed by atoms with Crippen LogP contribution in [0.4, 0.5) is 0 Å². The van der Waals surface area contributed by atoms with Gasteiger partial charge in [-0.15, -0.1) is 0 Å². The third-order valence-electron chi connectivity index (χ3n) is 4.46. The fourth-order valence-electron chi connectivity index (χ4n) is 3.16. The molecule has 0 unspecified atom stereocenters. The molecule has 0 saturated carbocycles. The van der Waals surface area contributed by atoms with Crippen LogP contribution < -0.4 is 10.9 Å². The summed E-state index contributed by atoms with van der Waals surface area (Å²) in [4.78, 5) is 25.2. The number of benzene rings is 2. The number of carbonyl (C=O) groups is 2. The number of hydrazine groups is 1. The molecule has 2 aromatic carbocycles. The van der Waals surface area contributed by atoms with E-state index in [0.717, 1.165) is 16.6 Å². The molecule has 2 heterocycles. The maximum atomic E-state index is 12.6. The summed E-state index contributed by atoms with van der Waals surface area (Å²) in [5.41, 5.74) is 7.68. The quantitative estimate of drug-likeness (QED) is 0.553. The Balaban J connectivity index is 1.54. The number of amides is 2. The van der Waals surface area contributed by atoms with Gasteiger partial charge in [0.05, 0.1) is 16.8 Å². The molecule has 0 aliphatic carbocycles. The molecule has 0 atom stereocenters. The Morgan fingerprint density at radius 2 is 1.41 bits per heavy atom. The van der Waals surface area contributed by atoms with Crippen LogP contribution in [0.2, 0.25) is 0 Å². The summed E-state index contributed by atoms with van der Waals surface area (Å²) in [6.07, 6.45) is 5.47. The van der Waals surface area contributed by atoms with Crippen molar-refractivity contribution >= 4 is 22.7 Å². The summed E-state index contributed by atoms with van der Waals surface area (Å²) in [5, 5.41) is 0.833. The minimum atomic E-state index is -0.382. The number of fused-ring (bicyclic) bond motifs is 1. The number of nitrogens with zero attached hydrogens (tertiary/aromatic N) is 2. The van der Waals surface area contributed by atoms with Crippen LogP contribution in [-0.2, 0) is 7.05 Å². The van der Waals surface area contributed by atoms with E-state index in [9.17, 15) is 9.59 Å². The zero-order chi connectivity index (χ0) is 18.8. The average molecular weight is 358 g/mol. The van der Waals surface area contributed by atoms with Gasteiger partial charge in [-0.25, -0.2) is 0 Å². The molecule has 6 heteroatoms. The second-order valence-electron chi connectivity index (χ2n) is 6.19. The van der Waals surface area contributed by atoms with Gasteiger partial charge in [0, 0.05) is 36.5 Å². The van der Waals surface area contributed by atoms with Gasteiger partial charge in [-0.1, -0.05) is 30.3 Å². The van der Waals surface area contributed by atoms with Gasteiger partial charge >= 0.3 is 0 Å². The van der Waals surface area contributed by atoms with E-state index in [1.54, 1.807) is 18.3 Å². The van der Waals surface area contributed by atoms with E-state index in [1.165, 1.54) is 0 Å². The molecule has 0 fully saturated rings. The van der Waals surface area contributed by atoms with Crippen molar-refractivity contribution in [3.8, 4) is 5.69 Å². The summed E-state index contributed by atoms with van der Waals surface area (Å²) >= 11 is 0. The number of aromatic nitrogens is 2. The smallest absolute Gasteiger partial charge is 0.271 e. The predicted molar refractivity (Wildman–Crippen MR) is 104 cm³/mol. The van der Waals surface area contributed by atoms with Gasteiger partial charge < -0.3 is 9.13 Å². The van der Waals surface area contributed by atoms with Gasteiger partial charge in [-0.05, 0) is 30.3 Å². The fourth-order valence-corrected chi connectivity index (χ4v) is 3.16. The Morgan fingerprint density at radius 1 is 0.778 bits per heavy atom. The Bertz CT molecular complexity index is 1130. The van der Waals surface area contributed by atoms with Crippen molar-refractivity contribution in [3.05, 3.63) is 90.4 Å². The first-order valence-electron chi connectivity index (χ1n) is 8.52. The topological polar surface area (TPSA) is 68.1 Å². The highest BCUT2D eigenvalue weighted by Gasteiger charge is 2.16. The average Bonchev–Trinajstić information content (AvgIpc) is 3.35. The second kappa shape index (κ2) is 6.84. The molecule has 0 aliphatic heterocycles. The van der Waals surface area contributed by atoms with Crippen molar-refractivity contribution in [2.24, 2.45) is 7.05 Å². The molecule has 0 bridgehead atoms. The lowest BCUT2D eigenvalue weighted by Gasteiger charge is -2.11. The minimum absolute atomic E-state index is 0.362. The van der Waals surface area contributed by atoms with E-state index >= 15 is 0 Å². The Morgan fingerprint density at radius 3 is 2.19 bits per heavy atom. The number of hydrogen-bond acceptors (Lipinski definition) is 2. The lowest BCUT2D eigenvalue weighted by atomic mass is 10.1. The van der Waals surface area contributed by atoms with E-state index in [4.69, 9.17) is 0 Å². The molecule has 134 valence electrons. The van der Waals surface area contributed by atoms with Crippen molar-refractivity contribution in [2.45, 2.75) is 0 Å². The van der Waals surface area contributed by atoms with Gasteiger partial charge in [0.1, 0.15) is 0 Å². The molecule has 4 aromatic rings. The van der Waals surface area contributed by atoms with E-state index in [0.29, 0.717) is 11.1 Å². The SMILES string of the molecule is Cn1cc(C(=O)NNC(=O)c2ccccc2-n2cccc2)c2ccccc21. The lowest BCUT2D eigenvalue weighted by Crippen LogP contribution is -2.41. The zero-order valence-corrected chi connectivity index (χ0v) is 14.7. The summed E-state index contributed by atoms with van der Waals surface area (Å²) < 4.78 is 3.73. The van der Waals surface area contributed by atoms with E-state index < -0.39 is 0 Å². The molecule has 2 amide bonds. The van der Waals surface area contributed by atoms with Gasteiger partial charge in [-0.2, -0.15) is 0 Å². The van der Waals surface area contributed by atoms with Crippen molar-refractivity contribution in [2.75, 3.05) is 0 Å². The van der Waals surface area contributed by atoms with Crippen LogP contribution in [0.25, 0.3) is 16.6 Å². The molecular weight excluding hydrogens is 340 g/mol. The molecule has 2 aromatic heterocycles. The van der Waals surface area contributed by atoms with Crippen molar-refractivity contribution < 1.29 is 9.59 Å². The Hall–Kier alpha value is -3.80. The van der Waals surface area contributed by atoms with Gasteiger partial charge in [0.2, 0.25) is 0 Å². The third kappa shape index (κ3) is 3.08. The molecule has 27 heavy (non-hydrogen) atoms. The molecule has 0 aliphatic rings. The summed E-state index contributed by atoms with van der Waals surface area (Å²) in [6.45, 7) is 0. The third-order valence-corrected chi connectivity index (χ3v) is 4.46. The van der Waals surface area contributed by atoms with E-state index in [-0.39, 0.29) is 11.8 Å². The largest absolute Gasteiger partial charge is 0.350 e. The number of hydrogen-bond donors (Lipinski definition) is 2. The molecular formula is C21H18N4O2. The van der Waals surface area contributed by atoms with Gasteiger partial charge in [0.25, 0.3) is 11.8 Å². The first kappa shape index (κ1) is 16.7. The summed E-state index contributed by atoms with van der Waals surface area (Å²) in [6, 6.07) is 18.6. The van der Waals surface area contributed by atoms with Gasteiger partial charge in [0.15, 0.2) is 0 Å². The molecule has 6 nitrogen and oxygen atoms in total. The normalized spacial score (nSPS) is 10.7. The highest BCUT2D eigenvalue weighted by Crippen LogP contribution is 2.20. The summed E-state index contributed by atoms with van der Waals surface area (Å²) in [7, 11) is 1.88. The number of para-hydroxylation sites is 2. The number of aryl methyl sites for hydroxylation is 1. The van der Waals surface area contributed by atoms with Crippen LogP contribution in [0.1, 0.15) is 20.7 Å². The van der Waals surface area contributed by atoms with E-state index in [2.05, 4.69) is 10.9 Å². The van der Waals surface area contributed by atoms with Crippen molar-refractivity contribution in [3.63, 3.8) is 0 Å². The Labute approximate surface area is 156 Å². The molecule has 4 rings (SSSR count). The summed E-state index contributed by atoms with van der Waals surface area (Å²) in [5.74, 6) is -0.744. The van der Waals surface area contributed by atoms with Crippen molar-refractivity contribution in [1.29, 1.82) is 0 Å². The predicted octanol–water partition coefficient (Wildman–Crippen LogP) is 3.04. The highest BCUT2D eigenvalue weighted by atomic mass is 16.2. The van der Waals surface area contributed by atoms with E-state index in [1.807, 2.05) is 77.1 Å². The van der Waals surface area contributed by atoms with Crippen LogP contribution in [-0.4, -0.2) is 20.9 Å². The lowest BCUT2D eigenvalue weighted by molar-refractivity contribution is 0.0847. The Kier molecular flexibility index (Phi) is 4.22. The number of carbonyl (C=O) groups excluding carboxylic acids is 2. The highest BCUT2D eigenvalue weighted by molar-refractivity contribution is 6.08. The molecule has 0 spiro atoms. The van der Waals surface area contributed by atoms with Crippen LogP contribution in [0.3, 0.4) is 0 Å². The molecule has 0 saturated heterocycles. The second-order valence-corrected chi connectivity index (χ2v) is 6.19. The first-order valence-corrected chi connectivity index (χ1v) is 8.52. The molecule has 2 N–H and O–H groups in total. The van der Waals surface area contributed by atoms with Gasteiger partial charge in [-0.3, -0.25) is 20.4 Å². The number of rotatable bonds is 3. The first-order chi connectivity index (χ1) is 13.1. The van der Waals surface area contributed by atoms with Crippen LogP contribution in [0.15, 0.2) is 79.3 Å². The zero-order valence-electron chi connectivity index (χ0n) is 14.7. The van der Waals surface area contributed by atoms with Crippen LogP contribution in [0, 0.1) is 0 Å². The fraction of sp³-hybridized carbons (Fsp3) is 0.0476. The van der Waals surface area contributed by atoms with Crippen LogP contribution >= 0.6 is 0 Å². The standard InChI is InChI=1S/C21H18N4O2/c1-24-14-17(15-8-2-4-10-18(15)24)21(27)23-22-20(26)16-9-3-5-11-19(16)25-12-6-7-13-25/h2-14H,1H3,(H,22,26)(H,23,27). The minimum Gasteiger partial charge on any atom is -0.350 e. The monoisotopic (exact) mass is 358 g/mol. The maximum absolute atomic E-state index is 12.6. The maximum Gasteiger partial charge on any atom is 0.271 e.